The summed E-state index contributed by atoms with van der Waals surface area (Å²) >= 11 is 0. The third-order valence-electron chi connectivity index (χ3n) is 6.01. The van der Waals surface area contributed by atoms with Gasteiger partial charge >= 0.3 is 0 Å². The van der Waals surface area contributed by atoms with Crippen molar-refractivity contribution in [3.63, 3.8) is 0 Å². The summed E-state index contributed by atoms with van der Waals surface area (Å²) in [6.07, 6.45) is 6.62. The molecule has 3 rings (SSSR count). The molecule has 1 aliphatic heterocycles. The number of aliphatic hydroxyl groups is 1. The number of aryl methyl sites for hydroxylation is 1. The number of rotatable bonds is 7. The first-order chi connectivity index (χ1) is 13.1. The molecule has 1 heterocycles. The van der Waals surface area contributed by atoms with Crippen molar-refractivity contribution in [1.82, 2.24) is 10.2 Å². The van der Waals surface area contributed by atoms with Crippen LogP contribution in [0.25, 0.3) is 0 Å². The smallest absolute Gasteiger partial charge is 0.237 e. The molecule has 0 saturated heterocycles. The van der Waals surface area contributed by atoms with Crippen LogP contribution in [0.5, 0.6) is 0 Å². The Morgan fingerprint density at radius 3 is 2.85 bits per heavy atom. The molecular weight excluding hydrogens is 340 g/mol. The molecule has 0 aromatic heterocycles. The fourth-order valence-corrected chi connectivity index (χ4v) is 4.70. The predicted molar refractivity (Wildman–Crippen MR) is 107 cm³/mol. The minimum absolute atomic E-state index is 0.141. The molecule has 2 N–H and O–H groups in total. The van der Waals surface area contributed by atoms with Crippen LogP contribution in [-0.2, 0) is 16.0 Å². The summed E-state index contributed by atoms with van der Waals surface area (Å²) in [4.78, 5) is 15.1. The lowest BCUT2D eigenvalue weighted by molar-refractivity contribution is -0.135. The van der Waals surface area contributed by atoms with Gasteiger partial charge in [0.15, 0.2) is 0 Å². The lowest BCUT2D eigenvalue weighted by Gasteiger charge is -2.43. The Hall–Kier alpha value is -1.43. The van der Waals surface area contributed by atoms with E-state index in [9.17, 15) is 9.90 Å². The highest BCUT2D eigenvalue weighted by molar-refractivity contribution is 5.79. The van der Waals surface area contributed by atoms with E-state index in [-0.39, 0.29) is 25.1 Å². The molecule has 1 aliphatic carbocycles. The van der Waals surface area contributed by atoms with Gasteiger partial charge in [0.1, 0.15) is 0 Å². The Morgan fingerprint density at radius 1 is 1.33 bits per heavy atom. The number of amides is 1. The molecule has 5 nitrogen and oxygen atoms in total. The van der Waals surface area contributed by atoms with Gasteiger partial charge in [0.25, 0.3) is 0 Å². The summed E-state index contributed by atoms with van der Waals surface area (Å²) in [5.41, 5.74) is 4.04. The number of nitrogens with one attached hydrogen (secondary N) is 1. The van der Waals surface area contributed by atoms with Gasteiger partial charge in [0, 0.05) is 20.2 Å². The number of hydrogen-bond donors (Lipinski definition) is 2. The Morgan fingerprint density at radius 2 is 2.11 bits per heavy atom. The van der Waals surface area contributed by atoms with Crippen LogP contribution in [0.2, 0.25) is 0 Å². The van der Waals surface area contributed by atoms with E-state index in [0.717, 1.165) is 13.0 Å². The van der Waals surface area contributed by atoms with Crippen molar-refractivity contribution < 1.29 is 14.6 Å². The van der Waals surface area contributed by atoms with Gasteiger partial charge in [-0.25, -0.2) is 0 Å². The van der Waals surface area contributed by atoms with E-state index in [1.54, 1.807) is 7.11 Å². The molecule has 1 amide bonds. The van der Waals surface area contributed by atoms with Crippen molar-refractivity contribution in [1.29, 1.82) is 0 Å². The molecule has 2 atom stereocenters. The quantitative estimate of drug-likeness (QED) is 0.770. The normalized spacial score (nSPS) is 21.7. The molecule has 0 spiro atoms. The molecule has 1 aromatic rings. The number of fused-ring (bicyclic) bond motifs is 1. The third kappa shape index (κ3) is 5.09. The second kappa shape index (κ2) is 9.67. The first-order valence-electron chi connectivity index (χ1n) is 10.4. The Balaban J connectivity index is 1.73. The average molecular weight is 375 g/mol. The summed E-state index contributed by atoms with van der Waals surface area (Å²) in [5, 5.41) is 12.9. The predicted octanol–water partition coefficient (Wildman–Crippen LogP) is 2.60. The van der Waals surface area contributed by atoms with Crippen molar-refractivity contribution in [2.45, 2.75) is 57.6 Å². The summed E-state index contributed by atoms with van der Waals surface area (Å²) < 4.78 is 4.94. The van der Waals surface area contributed by atoms with Crippen molar-refractivity contribution in [3.05, 3.63) is 34.9 Å². The van der Waals surface area contributed by atoms with E-state index in [1.807, 2.05) is 0 Å². The molecule has 2 unspecified atom stereocenters. The second-order valence-corrected chi connectivity index (χ2v) is 8.12. The van der Waals surface area contributed by atoms with Gasteiger partial charge in [-0.3, -0.25) is 4.79 Å². The summed E-state index contributed by atoms with van der Waals surface area (Å²) in [7, 11) is 1.57. The fraction of sp³-hybridized carbons (Fsp3) is 0.682. The number of carbonyl (C=O) groups is 1. The van der Waals surface area contributed by atoms with Crippen LogP contribution in [0.1, 0.15) is 54.8 Å². The van der Waals surface area contributed by atoms with Crippen molar-refractivity contribution >= 4 is 5.91 Å². The van der Waals surface area contributed by atoms with Gasteiger partial charge in [0.05, 0.1) is 25.3 Å². The van der Waals surface area contributed by atoms with Gasteiger partial charge in [-0.05, 0) is 43.2 Å². The molecular formula is C22H34N2O3. The lowest BCUT2D eigenvalue weighted by Crippen LogP contribution is -2.47. The Labute approximate surface area is 163 Å². The maximum absolute atomic E-state index is 13.0. The molecule has 2 aliphatic rings. The maximum atomic E-state index is 13.0. The standard InChI is InChI=1S/C22H34N2O3/c1-16-8-9-17-10-11-24(21(26)14-23-13-19(25)15-27-2)22(20(17)12-16)18-6-4-3-5-7-18/h8-9,12,18-19,22-23,25H,3-7,10-11,13-15H2,1-2H3. The van der Waals surface area contributed by atoms with Gasteiger partial charge in [-0.15, -0.1) is 0 Å². The number of methoxy groups -OCH3 is 1. The Kier molecular flexibility index (Phi) is 7.27. The van der Waals surface area contributed by atoms with Crippen molar-refractivity contribution in [2.24, 2.45) is 5.92 Å². The number of carbonyl (C=O) groups excluding carboxylic acids is 1. The summed E-state index contributed by atoms with van der Waals surface area (Å²) in [6.45, 7) is 3.85. The van der Waals surface area contributed by atoms with Crippen LogP contribution in [0.3, 0.4) is 0 Å². The number of nitrogens with zero attached hydrogens (tertiary/aromatic N) is 1. The topological polar surface area (TPSA) is 61.8 Å². The second-order valence-electron chi connectivity index (χ2n) is 8.12. The molecule has 150 valence electrons. The SMILES string of the molecule is COCC(O)CNCC(=O)N1CCc2ccc(C)cc2C1C1CCCCC1. The van der Waals surface area contributed by atoms with Gasteiger partial charge in [-0.1, -0.05) is 43.0 Å². The van der Waals surface area contributed by atoms with E-state index in [4.69, 9.17) is 4.74 Å². The average Bonchev–Trinajstić information content (AvgIpc) is 2.67. The molecule has 0 radical (unpaired) electrons. The first kappa shape index (κ1) is 20.3. The highest BCUT2D eigenvalue weighted by atomic mass is 16.5. The minimum atomic E-state index is -0.582. The highest BCUT2D eigenvalue weighted by Gasteiger charge is 2.36. The monoisotopic (exact) mass is 374 g/mol. The molecule has 0 bridgehead atoms. The molecule has 5 heteroatoms. The van der Waals surface area contributed by atoms with E-state index < -0.39 is 6.10 Å². The van der Waals surface area contributed by atoms with Crippen LogP contribution >= 0.6 is 0 Å². The maximum Gasteiger partial charge on any atom is 0.237 e. The van der Waals surface area contributed by atoms with E-state index in [1.165, 1.54) is 48.8 Å². The van der Waals surface area contributed by atoms with Gasteiger partial charge < -0.3 is 20.1 Å². The lowest BCUT2D eigenvalue weighted by atomic mass is 9.77. The van der Waals surface area contributed by atoms with Crippen molar-refractivity contribution in [3.8, 4) is 0 Å². The zero-order valence-corrected chi connectivity index (χ0v) is 16.7. The van der Waals surface area contributed by atoms with Gasteiger partial charge in [-0.2, -0.15) is 0 Å². The van der Waals surface area contributed by atoms with E-state index in [2.05, 4.69) is 35.3 Å². The summed E-state index contributed by atoms with van der Waals surface area (Å²) in [6, 6.07) is 6.94. The number of hydrogen-bond acceptors (Lipinski definition) is 4. The van der Waals surface area contributed by atoms with E-state index >= 15 is 0 Å². The minimum Gasteiger partial charge on any atom is -0.389 e. The number of benzene rings is 1. The third-order valence-corrected chi connectivity index (χ3v) is 6.01. The Bertz CT molecular complexity index is 628. The summed E-state index contributed by atoms with van der Waals surface area (Å²) in [5.74, 6) is 0.699. The number of aliphatic hydroxyl groups excluding tert-OH is 1. The zero-order valence-electron chi connectivity index (χ0n) is 16.7. The van der Waals surface area contributed by atoms with Crippen LogP contribution in [0, 0.1) is 12.8 Å². The fourth-order valence-electron chi connectivity index (χ4n) is 4.70. The van der Waals surface area contributed by atoms with Crippen molar-refractivity contribution in [2.75, 3.05) is 33.4 Å². The molecule has 27 heavy (non-hydrogen) atoms. The van der Waals surface area contributed by atoms with Crippen LogP contribution in [0.4, 0.5) is 0 Å². The van der Waals surface area contributed by atoms with Crippen LogP contribution < -0.4 is 5.32 Å². The van der Waals surface area contributed by atoms with Gasteiger partial charge in [0.2, 0.25) is 5.91 Å². The van der Waals surface area contributed by atoms with E-state index in [0.29, 0.717) is 12.5 Å². The largest absolute Gasteiger partial charge is 0.389 e. The molecule has 1 aromatic carbocycles. The highest BCUT2D eigenvalue weighted by Crippen LogP contribution is 2.42. The zero-order chi connectivity index (χ0) is 19.2. The van der Waals surface area contributed by atoms with Crippen LogP contribution in [-0.4, -0.2) is 55.4 Å². The first-order valence-corrected chi connectivity index (χ1v) is 10.4. The molecule has 1 fully saturated rings. The number of ether oxygens (including phenoxy) is 1. The van der Waals surface area contributed by atoms with Crippen LogP contribution in [0.15, 0.2) is 18.2 Å². The molecule has 1 saturated carbocycles.